The van der Waals surface area contributed by atoms with Gasteiger partial charge in [-0.3, -0.25) is 9.88 Å². The van der Waals surface area contributed by atoms with Crippen molar-refractivity contribution < 1.29 is 9.53 Å². The van der Waals surface area contributed by atoms with Crippen molar-refractivity contribution in [3.8, 4) is 6.07 Å². The number of nitriles is 1. The minimum Gasteiger partial charge on any atom is -0.444 e. The van der Waals surface area contributed by atoms with Gasteiger partial charge in [0.2, 0.25) is 0 Å². The van der Waals surface area contributed by atoms with Crippen LogP contribution < -0.4 is 9.80 Å². The fourth-order valence-corrected chi connectivity index (χ4v) is 6.30. The normalized spacial score (nSPS) is 21.5. The maximum Gasteiger partial charge on any atom is 0.410 e. The molecular formula is C31H36N6O2. The Morgan fingerprint density at radius 1 is 1.05 bits per heavy atom. The molecule has 0 N–H and O–H groups in total. The van der Waals surface area contributed by atoms with Crippen LogP contribution in [0.5, 0.6) is 0 Å². The molecule has 1 aromatic heterocycles. The van der Waals surface area contributed by atoms with E-state index in [0.717, 1.165) is 49.3 Å². The SMILES string of the molecule is C[C@@H]1CN(c2ccc(C#N)c3ncccc23)C[C@@H]2c3ccc(N4CCN(C(=O)OC(C)(C)C)CC4)cc3CN12. The number of carbonyl (C=O) groups is 1. The molecule has 2 saturated heterocycles. The van der Waals surface area contributed by atoms with Gasteiger partial charge in [0.05, 0.1) is 17.1 Å². The third-order valence-electron chi connectivity index (χ3n) is 8.19. The third kappa shape index (κ3) is 4.76. The predicted octanol–water partition coefficient (Wildman–Crippen LogP) is 4.93. The van der Waals surface area contributed by atoms with E-state index in [0.29, 0.717) is 30.7 Å². The van der Waals surface area contributed by atoms with E-state index >= 15 is 0 Å². The van der Waals surface area contributed by atoms with Gasteiger partial charge in [-0.1, -0.05) is 6.07 Å². The monoisotopic (exact) mass is 524 g/mol. The molecule has 39 heavy (non-hydrogen) atoms. The molecule has 202 valence electrons. The van der Waals surface area contributed by atoms with Crippen molar-refractivity contribution in [3.05, 3.63) is 65.4 Å². The second-order valence-electron chi connectivity index (χ2n) is 11.9. The van der Waals surface area contributed by atoms with E-state index < -0.39 is 5.60 Å². The van der Waals surface area contributed by atoms with Crippen molar-refractivity contribution in [2.24, 2.45) is 0 Å². The van der Waals surface area contributed by atoms with E-state index in [9.17, 15) is 10.1 Å². The lowest BCUT2D eigenvalue weighted by atomic mass is 9.99. The molecule has 0 spiro atoms. The summed E-state index contributed by atoms with van der Waals surface area (Å²) in [5, 5.41) is 10.6. The Morgan fingerprint density at radius 2 is 1.85 bits per heavy atom. The molecule has 6 rings (SSSR count). The Kier molecular flexibility index (Phi) is 6.35. The van der Waals surface area contributed by atoms with Gasteiger partial charge in [0.1, 0.15) is 11.7 Å². The summed E-state index contributed by atoms with van der Waals surface area (Å²) in [5.74, 6) is 0. The molecule has 0 aliphatic carbocycles. The number of aromatic nitrogens is 1. The van der Waals surface area contributed by atoms with Crippen LogP contribution in [-0.4, -0.2) is 71.8 Å². The Hall–Kier alpha value is -3.83. The number of rotatable bonds is 2. The van der Waals surface area contributed by atoms with Crippen LogP contribution in [-0.2, 0) is 11.3 Å². The molecule has 0 bridgehead atoms. The van der Waals surface area contributed by atoms with Gasteiger partial charge in [-0.25, -0.2) is 4.79 Å². The highest BCUT2D eigenvalue weighted by Crippen LogP contribution is 2.42. The highest BCUT2D eigenvalue weighted by atomic mass is 16.6. The lowest BCUT2D eigenvalue weighted by Crippen LogP contribution is -2.51. The molecule has 2 aromatic carbocycles. The van der Waals surface area contributed by atoms with Crippen LogP contribution in [0.3, 0.4) is 0 Å². The second kappa shape index (κ2) is 9.73. The molecule has 3 aliphatic rings. The fourth-order valence-electron chi connectivity index (χ4n) is 6.30. The van der Waals surface area contributed by atoms with Crippen molar-refractivity contribution in [2.75, 3.05) is 49.1 Å². The number of nitrogens with zero attached hydrogens (tertiary/aromatic N) is 6. The van der Waals surface area contributed by atoms with Crippen LogP contribution in [0, 0.1) is 11.3 Å². The van der Waals surface area contributed by atoms with E-state index in [4.69, 9.17) is 4.74 Å². The number of piperazine rings is 2. The number of pyridine rings is 1. The molecular weight excluding hydrogens is 488 g/mol. The average Bonchev–Trinajstić information content (AvgIpc) is 3.30. The molecule has 2 fully saturated rings. The molecule has 1 amide bonds. The minimum atomic E-state index is -0.475. The Morgan fingerprint density at radius 3 is 2.59 bits per heavy atom. The average molecular weight is 525 g/mol. The van der Waals surface area contributed by atoms with Gasteiger partial charge in [-0.2, -0.15) is 5.26 Å². The van der Waals surface area contributed by atoms with Crippen LogP contribution in [0.25, 0.3) is 10.9 Å². The van der Waals surface area contributed by atoms with Crippen molar-refractivity contribution in [1.29, 1.82) is 5.26 Å². The number of hydrogen-bond acceptors (Lipinski definition) is 7. The molecule has 4 heterocycles. The van der Waals surface area contributed by atoms with E-state index in [1.54, 1.807) is 6.20 Å². The number of hydrogen-bond donors (Lipinski definition) is 0. The molecule has 3 aromatic rings. The first-order chi connectivity index (χ1) is 18.7. The lowest BCUT2D eigenvalue weighted by molar-refractivity contribution is 0.0240. The van der Waals surface area contributed by atoms with E-state index in [1.165, 1.54) is 16.8 Å². The van der Waals surface area contributed by atoms with Gasteiger partial charge in [0.25, 0.3) is 0 Å². The van der Waals surface area contributed by atoms with Crippen LogP contribution in [0.15, 0.2) is 48.7 Å². The second-order valence-corrected chi connectivity index (χ2v) is 11.9. The molecule has 8 heteroatoms. The van der Waals surface area contributed by atoms with Gasteiger partial charge in [0.15, 0.2) is 0 Å². The maximum absolute atomic E-state index is 12.5. The minimum absolute atomic E-state index is 0.225. The summed E-state index contributed by atoms with van der Waals surface area (Å²) in [7, 11) is 0. The lowest BCUT2D eigenvalue weighted by Gasteiger charge is -2.44. The molecule has 8 nitrogen and oxygen atoms in total. The van der Waals surface area contributed by atoms with Crippen molar-refractivity contribution in [2.45, 2.75) is 51.9 Å². The molecule has 2 atom stereocenters. The van der Waals surface area contributed by atoms with Gasteiger partial charge in [-0.05, 0) is 75.2 Å². The summed E-state index contributed by atoms with van der Waals surface area (Å²) < 4.78 is 5.56. The number of benzene rings is 2. The van der Waals surface area contributed by atoms with Gasteiger partial charge in [0, 0.05) is 74.8 Å². The standard InChI is InChI=1S/C31H36N6O2/c1-21-18-36(27-10-7-22(17-32)29-26(27)6-5-11-33-29)20-28-25-9-8-24(16-23(25)19-37(21)28)34-12-14-35(15-13-34)30(38)39-31(2,3)4/h5-11,16,21,28H,12-15,18-20H2,1-4H3/t21-,28-/m1/s1. The van der Waals surface area contributed by atoms with Gasteiger partial charge >= 0.3 is 6.09 Å². The first-order valence-corrected chi connectivity index (χ1v) is 13.9. The van der Waals surface area contributed by atoms with E-state index in [1.807, 2.05) is 37.8 Å². The number of carbonyl (C=O) groups excluding carboxylic acids is 1. The smallest absolute Gasteiger partial charge is 0.410 e. The van der Waals surface area contributed by atoms with Gasteiger partial charge < -0.3 is 19.4 Å². The first-order valence-electron chi connectivity index (χ1n) is 13.9. The molecule has 0 unspecified atom stereocenters. The fraction of sp³-hybridized carbons (Fsp3) is 0.452. The van der Waals surface area contributed by atoms with Gasteiger partial charge in [-0.15, -0.1) is 0 Å². The summed E-state index contributed by atoms with van der Waals surface area (Å²) in [6, 6.07) is 17.9. The third-order valence-corrected chi connectivity index (χ3v) is 8.19. The maximum atomic E-state index is 12.5. The quantitative estimate of drug-likeness (QED) is 0.471. The Labute approximate surface area is 230 Å². The highest BCUT2D eigenvalue weighted by molar-refractivity contribution is 5.95. The number of fused-ring (bicyclic) bond motifs is 4. The van der Waals surface area contributed by atoms with E-state index in [2.05, 4.69) is 63.0 Å². The molecule has 3 aliphatic heterocycles. The zero-order valence-electron chi connectivity index (χ0n) is 23.2. The summed E-state index contributed by atoms with van der Waals surface area (Å²) in [5.41, 5.74) is 6.09. The van der Waals surface area contributed by atoms with Crippen LogP contribution in [0.4, 0.5) is 16.2 Å². The van der Waals surface area contributed by atoms with Crippen molar-refractivity contribution in [3.63, 3.8) is 0 Å². The summed E-state index contributed by atoms with van der Waals surface area (Å²) in [4.78, 5) is 26.3. The molecule has 0 saturated carbocycles. The zero-order valence-corrected chi connectivity index (χ0v) is 23.2. The van der Waals surface area contributed by atoms with E-state index in [-0.39, 0.29) is 6.09 Å². The van der Waals surface area contributed by atoms with Crippen molar-refractivity contribution in [1.82, 2.24) is 14.8 Å². The summed E-state index contributed by atoms with van der Waals surface area (Å²) in [6.07, 6.45) is 1.53. The predicted molar refractivity (Wildman–Crippen MR) is 153 cm³/mol. The summed E-state index contributed by atoms with van der Waals surface area (Å²) in [6.45, 7) is 13.8. The van der Waals surface area contributed by atoms with Crippen molar-refractivity contribution >= 4 is 28.4 Å². The summed E-state index contributed by atoms with van der Waals surface area (Å²) >= 11 is 0. The van der Waals surface area contributed by atoms with Crippen LogP contribution >= 0.6 is 0 Å². The first kappa shape index (κ1) is 25.4. The highest BCUT2D eigenvalue weighted by Gasteiger charge is 2.39. The number of anilines is 2. The Bertz CT molecular complexity index is 1450. The molecule has 0 radical (unpaired) electrons. The Balaban J connectivity index is 1.19. The largest absolute Gasteiger partial charge is 0.444 e. The topological polar surface area (TPSA) is 75.9 Å². The van der Waals surface area contributed by atoms with Crippen LogP contribution in [0.2, 0.25) is 0 Å². The zero-order chi connectivity index (χ0) is 27.3. The number of ether oxygens (including phenoxy) is 1. The number of amides is 1. The van der Waals surface area contributed by atoms with Crippen LogP contribution in [0.1, 0.15) is 50.4 Å².